The lowest BCUT2D eigenvalue weighted by Gasteiger charge is -2.48. The number of hydrogen-bond acceptors (Lipinski definition) is 8. The van der Waals surface area contributed by atoms with Crippen molar-refractivity contribution < 1.29 is 13.2 Å². The summed E-state index contributed by atoms with van der Waals surface area (Å²) in [6, 6.07) is 6.24. The van der Waals surface area contributed by atoms with Crippen molar-refractivity contribution in [2.45, 2.75) is 29.6 Å². The van der Waals surface area contributed by atoms with Gasteiger partial charge in [-0.2, -0.15) is 13.2 Å². The number of aromatic nitrogens is 3. The van der Waals surface area contributed by atoms with Gasteiger partial charge < -0.3 is 15.5 Å². The highest BCUT2D eigenvalue weighted by molar-refractivity contribution is 7.98. The normalized spacial score (nSPS) is 20.2. The van der Waals surface area contributed by atoms with Gasteiger partial charge in [-0.15, -0.1) is 23.1 Å². The van der Waals surface area contributed by atoms with Crippen LogP contribution in [0.1, 0.15) is 12.0 Å². The van der Waals surface area contributed by atoms with Crippen LogP contribution >= 0.6 is 34.7 Å². The molecule has 0 saturated carbocycles. The van der Waals surface area contributed by atoms with E-state index in [0.717, 1.165) is 30.0 Å². The topological polar surface area (TPSA) is 66.0 Å². The van der Waals surface area contributed by atoms with E-state index < -0.39 is 11.7 Å². The SMILES string of the molecule is CSc1csc(-c2nc(Nc3ccc(N4CC5CC(C4)N5)nc3Cl)ncc2C(F)(F)F)c1. The fourth-order valence-electron chi connectivity index (χ4n) is 3.90. The number of alkyl halides is 3. The van der Waals surface area contributed by atoms with Gasteiger partial charge in [0.25, 0.3) is 0 Å². The van der Waals surface area contributed by atoms with Crippen LogP contribution in [-0.4, -0.2) is 46.4 Å². The zero-order valence-corrected chi connectivity index (χ0v) is 19.2. The molecule has 168 valence electrons. The number of thioether (sulfide) groups is 1. The first-order valence-corrected chi connectivity index (χ1v) is 12.3. The summed E-state index contributed by atoms with van der Waals surface area (Å²) < 4.78 is 40.7. The van der Waals surface area contributed by atoms with Crippen molar-refractivity contribution in [3.63, 3.8) is 0 Å². The van der Waals surface area contributed by atoms with Crippen molar-refractivity contribution in [3.8, 4) is 10.6 Å². The summed E-state index contributed by atoms with van der Waals surface area (Å²) in [5.74, 6) is 0.793. The van der Waals surface area contributed by atoms with Crippen LogP contribution in [0.4, 0.5) is 30.6 Å². The van der Waals surface area contributed by atoms with Gasteiger partial charge in [-0.25, -0.2) is 15.0 Å². The second-order valence-corrected chi connectivity index (χ2v) is 9.79. The van der Waals surface area contributed by atoms with Crippen LogP contribution in [0.25, 0.3) is 10.6 Å². The van der Waals surface area contributed by atoms with E-state index in [1.807, 2.05) is 12.3 Å². The second kappa shape index (κ2) is 8.36. The highest BCUT2D eigenvalue weighted by Gasteiger charge is 2.37. The molecule has 32 heavy (non-hydrogen) atoms. The smallest absolute Gasteiger partial charge is 0.353 e. The number of nitrogens with one attached hydrogen (secondary N) is 2. The summed E-state index contributed by atoms with van der Waals surface area (Å²) in [6.45, 7) is 1.74. The lowest BCUT2D eigenvalue weighted by molar-refractivity contribution is -0.137. The van der Waals surface area contributed by atoms with E-state index in [1.54, 1.807) is 17.5 Å². The Morgan fingerprint density at radius 1 is 1.25 bits per heavy atom. The molecule has 6 nitrogen and oxygen atoms in total. The molecule has 12 heteroatoms. The molecule has 0 spiro atoms. The number of fused-ring (bicyclic) bond motifs is 2. The van der Waals surface area contributed by atoms with Gasteiger partial charge in [0.1, 0.15) is 11.4 Å². The fraction of sp³-hybridized carbons (Fsp3) is 0.350. The van der Waals surface area contributed by atoms with Crippen LogP contribution in [0.2, 0.25) is 5.15 Å². The standard InChI is InChI=1S/C20H18ClF3N6S2/c1-31-12-5-15(32-9-12)17-13(20(22,23)24)6-25-19(29-17)27-14-2-3-16(28-18(14)21)30-7-10-4-11(8-30)26-10/h2-3,5-6,9-11,26H,4,7-8H2,1H3,(H,25,27,29). The number of halogens is 4. The largest absolute Gasteiger partial charge is 0.420 e. The van der Waals surface area contributed by atoms with Crippen LogP contribution < -0.4 is 15.5 Å². The Hall–Kier alpha value is -2.08. The van der Waals surface area contributed by atoms with Crippen LogP contribution in [0.3, 0.4) is 0 Å². The van der Waals surface area contributed by atoms with Gasteiger partial charge in [0.2, 0.25) is 5.95 Å². The molecular formula is C20H18ClF3N6S2. The number of rotatable bonds is 5. The summed E-state index contributed by atoms with van der Waals surface area (Å²) >= 11 is 9.04. The molecule has 0 aromatic carbocycles. The van der Waals surface area contributed by atoms with Crippen molar-refractivity contribution in [1.82, 2.24) is 20.3 Å². The molecule has 6 rings (SSSR count). The van der Waals surface area contributed by atoms with Crippen molar-refractivity contribution in [1.29, 1.82) is 0 Å². The zero-order chi connectivity index (χ0) is 22.5. The quantitative estimate of drug-likeness (QED) is 0.366. The minimum atomic E-state index is -4.57. The number of hydrogen-bond donors (Lipinski definition) is 2. The van der Waals surface area contributed by atoms with Crippen molar-refractivity contribution in [2.75, 3.05) is 29.6 Å². The van der Waals surface area contributed by atoms with E-state index in [0.29, 0.717) is 22.6 Å². The maximum atomic E-state index is 13.6. The van der Waals surface area contributed by atoms with Gasteiger partial charge in [-0.05, 0) is 30.9 Å². The highest BCUT2D eigenvalue weighted by Crippen LogP contribution is 2.40. The molecule has 0 aliphatic carbocycles. The third-order valence-corrected chi connectivity index (χ3v) is 7.55. The molecule has 3 aromatic rings. The summed E-state index contributed by atoms with van der Waals surface area (Å²) in [5.41, 5.74) is -0.618. The predicted octanol–water partition coefficient (Wildman–Crippen LogP) is 5.29. The first-order chi connectivity index (χ1) is 15.3. The van der Waals surface area contributed by atoms with E-state index in [2.05, 4.69) is 30.5 Å². The van der Waals surface area contributed by atoms with Gasteiger partial charge in [0.05, 0.1) is 16.3 Å². The monoisotopic (exact) mass is 498 g/mol. The molecular weight excluding hydrogens is 481 g/mol. The van der Waals surface area contributed by atoms with E-state index in [9.17, 15) is 13.2 Å². The molecule has 0 radical (unpaired) electrons. The lowest BCUT2D eigenvalue weighted by Crippen LogP contribution is -2.67. The van der Waals surface area contributed by atoms with E-state index >= 15 is 0 Å². The number of thiophene rings is 1. The van der Waals surface area contributed by atoms with Gasteiger partial charge in [-0.3, -0.25) is 0 Å². The van der Waals surface area contributed by atoms with E-state index in [1.165, 1.54) is 29.5 Å². The first kappa shape index (κ1) is 21.7. The molecule has 6 heterocycles. The number of piperidine rings is 1. The van der Waals surface area contributed by atoms with Crippen molar-refractivity contribution >= 4 is 52.2 Å². The van der Waals surface area contributed by atoms with Crippen LogP contribution in [0.15, 0.2) is 34.7 Å². The predicted molar refractivity (Wildman–Crippen MR) is 122 cm³/mol. The minimum Gasteiger partial charge on any atom is -0.353 e. The third kappa shape index (κ3) is 4.26. The van der Waals surface area contributed by atoms with Crippen molar-refractivity contribution in [2.24, 2.45) is 0 Å². The van der Waals surface area contributed by atoms with Crippen molar-refractivity contribution in [3.05, 3.63) is 40.5 Å². The van der Waals surface area contributed by atoms with E-state index in [4.69, 9.17) is 11.6 Å². The number of nitrogens with zero attached hydrogens (tertiary/aromatic N) is 4. The average Bonchev–Trinajstić information content (AvgIpc) is 3.23. The first-order valence-electron chi connectivity index (χ1n) is 9.82. The number of anilines is 3. The molecule has 3 fully saturated rings. The minimum absolute atomic E-state index is 0.0203. The number of piperazine rings is 1. The fourth-order valence-corrected chi connectivity index (χ4v) is 5.71. The Labute approximate surface area is 195 Å². The Bertz CT molecular complexity index is 1140. The Morgan fingerprint density at radius 2 is 2.00 bits per heavy atom. The summed E-state index contributed by atoms with van der Waals surface area (Å²) in [5, 5.41) is 8.39. The van der Waals surface area contributed by atoms with Gasteiger partial charge in [-0.1, -0.05) is 11.6 Å². The zero-order valence-electron chi connectivity index (χ0n) is 16.8. The van der Waals surface area contributed by atoms with Gasteiger partial charge in [0.15, 0.2) is 5.15 Å². The summed E-state index contributed by atoms with van der Waals surface area (Å²) in [7, 11) is 0. The Balaban J connectivity index is 1.42. The summed E-state index contributed by atoms with van der Waals surface area (Å²) in [6.07, 6.45) is -0.722. The Kier molecular flexibility index (Phi) is 5.68. The van der Waals surface area contributed by atoms with E-state index in [-0.39, 0.29) is 16.8 Å². The van der Waals surface area contributed by atoms with Crippen LogP contribution in [-0.2, 0) is 6.18 Å². The molecule has 2 unspecified atom stereocenters. The van der Waals surface area contributed by atoms with Crippen LogP contribution in [0, 0.1) is 0 Å². The highest BCUT2D eigenvalue weighted by atomic mass is 35.5. The molecule has 3 saturated heterocycles. The second-order valence-electron chi connectivity index (χ2n) is 7.64. The van der Waals surface area contributed by atoms with Gasteiger partial charge >= 0.3 is 6.18 Å². The maximum Gasteiger partial charge on any atom is 0.420 e. The van der Waals surface area contributed by atoms with Gasteiger partial charge in [0, 0.05) is 41.6 Å². The lowest BCUT2D eigenvalue weighted by atomic mass is 9.91. The average molecular weight is 499 g/mol. The molecule has 2 atom stereocenters. The molecule has 2 N–H and O–H groups in total. The molecule has 3 aliphatic heterocycles. The molecule has 2 bridgehead atoms. The Morgan fingerprint density at radius 3 is 2.62 bits per heavy atom. The summed E-state index contributed by atoms with van der Waals surface area (Å²) in [4.78, 5) is 16.0. The van der Waals surface area contributed by atoms with Crippen LogP contribution in [0.5, 0.6) is 0 Å². The molecule has 0 amide bonds. The number of pyridine rings is 1. The maximum absolute atomic E-state index is 13.6. The molecule has 3 aliphatic rings. The third-order valence-electron chi connectivity index (χ3n) is 5.47. The molecule has 3 aromatic heterocycles.